The molecule has 0 aliphatic rings. The highest BCUT2D eigenvalue weighted by molar-refractivity contribution is 6.31. The van der Waals surface area contributed by atoms with Crippen LogP contribution in [0.5, 0.6) is 0 Å². The standard InChI is InChI=1S/C16H18ClF3N2O2/c1-3-8-21-15(24)10(2)22-14(23)7-5-11-4-6-13(17)12(9-11)16(18,19)20/h4-7,9-10H,3,8H2,1-2H3,(H,21,24)(H,22,23)/b7-5+/t10-/m1/s1. The summed E-state index contributed by atoms with van der Waals surface area (Å²) in [5, 5.41) is 4.64. The molecule has 4 nitrogen and oxygen atoms in total. The van der Waals surface area contributed by atoms with Crippen LogP contribution in [0.25, 0.3) is 6.08 Å². The normalized spacial score (nSPS) is 12.9. The predicted octanol–water partition coefficient (Wildman–Crippen LogP) is 3.40. The van der Waals surface area contributed by atoms with Crippen LogP contribution in [0.15, 0.2) is 24.3 Å². The summed E-state index contributed by atoms with van der Waals surface area (Å²) in [6.45, 7) is 3.91. The summed E-state index contributed by atoms with van der Waals surface area (Å²) >= 11 is 5.52. The van der Waals surface area contributed by atoms with Crippen molar-refractivity contribution in [3.63, 3.8) is 0 Å². The largest absolute Gasteiger partial charge is 0.417 e. The zero-order valence-corrected chi connectivity index (χ0v) is 14.0. The topological polar surface area (TPSA) is 58.2 Å². The molecular weight excluding hydrogens is 345 g/mol. The van der Waals surface area contributed by atoms with E-state index in [1.54, 1.807) is 0 Å². The number of rotatable bonds is 6. The average Bonchev–Trinajstić information content (AvgIpc) is 2.50. The van der Waals surface area contributed by atoms with Gasteiger partial charge in [0.05, 0.1) is 10.6 Å². The minimum Gasteiger partial charge on any atom is -0.354 e. The van der Waals surface area contributed by atoms with E-state index in [2.05, 4.69) is 10.6 Å². The first kappa shape index (κ1) is 20.0. The van der Waals surface area contributed by atoms with E-state index in [0.717, 1.165) is 24.6 Å². The maximum absolute atomic E-state index is 12.8. The van der Waals surface area contributed by atoms with Gasteiger partial charge < -0.3 is 10.6 Å². The van der Waals surface area contributed by atoms with Crippen molar-refractivity contribution in [2.45, 2.75) is 32.5 Å². The van der Waals surface area contributed by atoms with E-state index >= 15 is 0 Å². The summed E-state index contributed by atoms with van der Waals surface area (Å²) in [5.41, 5.74) is -0.802. The molecule has 0 radical (unpaired) electrons. The van der Waals surface area contributed by atoms with E-state index < -0.39 is 28.7 Å². The highest BCUT2D eigenvalue weighted by Gasteiger charge is 2.33. The van der Waals surface area contributed by atoms with E-state index in [0.29, 0.717) is 6.54 Å². The Morgan fingerprint density at radius 1 is 1.33 bits per heavy atom. The molecule has 0 aliphatic carbocycles. The molecule has 132 valence electrons. The van der Waals surface area contributed by atoms with Crippen molar-refractivity contribution < 1.29 is 22.8 Å². The molecule has 0 bridgehead atoms. The number of hydrogen-bond acceptors (Lipinski definition) is 2. The Balaban J connectivity index is 2.72. The number of alkyl halides is 3. The van der Waals surface area contributed by atoms with Gasteiger partial charge in [0.25, 0.3) is 0 Å². The Kier molecular flexibility index (Phi) is 7.28. The number of nitrogens with one attached hydrogen (secondary N) is 2. The maximum Gasteiger partial charge on any atom is 0.417 e. The van der Waals surface area contributed by atoms with Gasteiger partial charge in [-0.05, 0) is 37.1 Å². The number of carbonyl (C=O) groups excluding carboxylic acids is 2. The summed E-state index contributed by atoms with van der Waals surface area (Å²) in [6.07, 6.45) is -1.52. The van der Waals surface area contributed by atoms with Crippen LogP contribution in [0.1, 0.15) is 31.4 Å². The van der Waals surface area contributed by atoms with Gasteiger partial charge in [0, 0.05) is 12.6 Å². The predicted molar refractivity (Wildman–Crippen MR) is 86.4 cm³/mol. The minimum absolute atomic E-state index is 0.171. The maximum atomic E-state index is 12.8. The van der Waals surface area contributed by atoms with E-state index in [9.17, 15) is 22.8 Å². The SMILES string of the molecule is CCCNC(=O)[C@@H](C)NC(=O)/C=C/c1ccc(Cl)c(C(F)(F)F)c1. The Morgan fingerprint density at radius 2 is 2.00 bits per heavy atom. The van der Waals surface area contributed by atoms with Crippen molar-refractivity contribution in [2.24, 2.45) is 0 Å². The molecule has 2 amide bonds. The molecule has 1 rings (SSSR count). The van der Waals surface area contributed by atoms with Crippen LogP contribution in [-0.4, -0.2) is 24.4 Å². The summed E-state index contributed by atoms with van der Waals surface area (Å²) in [6, 6.07) is 2.58. The van der Waals surface area contributed by atoms with Gasteiger partial charge in [0.1, 0.15) is 6.04 Å². The van der Waals surface area contributed by atoms with E-state index in [1.165, 1.54) is 19.1 Å². The lowest BCUT2D eigenvalue weighted by molar-refractivity contribution is -0.137. The molecule has 0 aromatic heterocycles. The molecular formula is C16H18ClF3N2O2. The molecule has 0 saturated carbocycles. The molecule has 1 aromatic rings. The van der Waals surface area contributed by atoms with Gasteiger partial charge in [-0.15, -0.1) is 0 Å². The lowest BCUT2D eigenvalue weighted by Crippen LogP contribution is -2.44. The zero-order valence-electron chi connectivity index (χ0n) is 13.2. The molecule has 8 heteroatoms. The zero-order chi connectivity index (χ0) is 18.3. The fraction of sp³-hybridized carbons (Fsp3) is 0.375. The van der Waals surface area contributed by atoms with Gasteiger partial charge in [-0.1, -0.05) is 24.6 Å². The summed E-state index contributed by atoms with van der Waals surface area (Å²) in [7, 11) is 0. The number of halogens is 4. The lowest BCUT2D eigenvalue weighted by Gasteiger charge is -2.12. The summed E-state index contributed by atoms with van der Waals surface area (Å²) < 4.78 is 38.3. The minimum atomic E-state index is -4.57. The first-order valence-electron chi connectivity index (χ1n) is 7.28. The Labute approximate surface area is 143 Å². The third-order valence-electron chi connectivity index (χ3n) is 3.02. The second-order valence-corrected chi connectivity index (χ2v) is 5.50. The second-order valence-electron chi connectivity index (χ2n) is 5.09. The van der Waals surface area contributed by atoms with Crippen LogP contribution < -0.4 is 10.6 Å². The molecule has 0 aliphatic heterocycles. The fourth-order valence-corrected chi connectivity index (χ4v) is 1.99. The Morgan fingerprint density at radius 3 is 2.58 bits per heavy atom. The van der Waals surface area contributed by atoms with Crippen LogP contribution in [0.2, 0.25) is 5.02 Å². The third-order valence-corrected chi connectivity index (χ3v) is 3.35. The van der Waals surface area contributed by atoms with Gasteiger partial charge in [0.2, 0.25) is 11.8 Å². The van der Waals surface area contributed by atoms with Crippen molar-refractivity contribution in [1.82, 2.24) is 10.6 Å². The number of amides is 2. The molecule has 0 saturated heterocycles. The van der Waals surface area contributed by atoms with Crippen molar-refractivity contribution in [1.29, 1.82) is 0 Å². The number of carbonyl (C=O) groups is 2. The van der Waals surface area contributed by atoms with Gasteiger partial charge in [-0.2, -0.15) is 13.2 Å². The van der Waals surface area contributed by atoms with E-state index in [1.807, 2.05) is 6.92 Å². The van der Waals surface area contributed by atoms with Crippen LogP contribution in [0.4, 0.5) is 13.2 Å². The smallest absolute Gasteiger partial charge is 0.354 e. The lowest BCUT2D eigenvalue weighted by atomic mass is 10.1. The highest BCUT2D eigenvalue weighted by atomic mass is 35.5. The van der Waals surface area contributed by atoms with Gasteiger partial charge in [0.15, 0.2) is 0 Å². The Hall–Kier alpha value is -2.02. The van der Waals surface area contributed by atoms with E-state index in [4.69, 9.17) is 11.6 Å². The molecule has 0 heterocycles. The first-order chi connectivity index (χ1) is 11.1. The third kappa shape index (κ3) is 6.23. The van der Waals surface area contributed by atoms with Crippen LogP contribution in [-0.2, 0) is 15.8 Å². The number of hydrogen-bond donors (Lipinski definition) is 2. The fourth-order valence-electron chi connectivity index (χ4n) is 1.76. The molecule has 0 fully saturated rings. The van der Waals surface area contributed by atoms with Crippen molar-refractivity contribution in [2.75, 3.05) is 6.54 Å². The van der Waals surface area contributed by atoms with Crippen molar-refractivity contribution >= 4 is 29.5 Å². The van der Waals surface area contributed by atoms with Crippen LogP contribution >= 0.6 is 11.6 Å². The van der Waals surface area contributed by atoms with Crippen molar-refractivity contribution in [3.05, 3.63) is 40.4 Å². The second kappa shape index (κ2) is 8.73. The van der Waals surface area contributed by atoms with Gasteiger partial charge >= 0.3 is 6.18 Å². The average molecular weight is 363 g/mol. The van der Waals surface area contributed by atoms with Crippen LogP contribution in [0.3, 0.4) is 0 Å². The summed E-state index contributed by atoms with van der Waals surface area (Å²) in [4.78, 5) is 23.3. The quantitative estimate of drug-likeness (QED) is 0.762. The monoisotopic (exact) mass is 362 g/mol. The molecule has 2 N–H and O–H groups in total. The Bertz CT molecular complexity index is 630. The van der Waals surface area contributed by atoms with Crippen molar-refractivity contribution in [3.8, 4) is 0 Å². The molecule has 0 spiro atoms. The number of benzene rings is 1. The first-order valence-corrected chi connectivity index (χ1v) is 7.66. The van der Waals surface area contributed by atoms with Crippen LogP contribution in [0, 0.1) is 0 Å². The van der Waals surface area contributed by atoms with Gasteiger partial charge in [-0.3, -0.25) is 9.59 Å². The van der Waals surface area contributed by atoms with Gasteiger partial charge in [-0.25, -0.2) is 0 Å². The highest BCUT2D eigenvalue weighted by Crippen LogP contribution is 2.35. The molecule has 0 unspecified atom stereocenters. The summed E-state index contributed by atoms with van der Waals surface area (Å²) in [5.74, 6) is -0.915. The molecule has 24 heavy (non-hydrogen) atoms. The molecule has 1 aromatic carbocycles. The van der Waals surface area contributed by atoms with E-state index in [-0.39, 0.29) is 11.5 Å². The molecule has 1 atom stereocenters.